The molecule has 11 heteroatoms. The lowest BCUT2D eigenvalue weighted by Crippen LogP contribution is -2.53. The van der Waals surface area contributed by atoms with Crippen molar-refractivity contribution in [1.82, 2.24) is 10.2 Å². The van der Waals surface area contributed by atoms with Crippen LogP contribution in [0.4, 0.5) is 0 Å². The number of carbonyl (C=O) groups is 3. The molecule has 1 aliphatic heterocycles. The van der Waals surface area contributed by atoms with Gasteiger partial charge in [-0.3, -0.25) is 14.9 Å². The average Bonchev–Trinajstić information content (AvgIpc) is 2.36. The maximum atomic E-state index is 11.3. The number of primary amides is 1. The van der Waals surface area contributed by atoms with Gasteiger partial charge in [0, 0.05) is 13.1 Å². The summed E-state index contributed by atoms with van der Waals surface area (Å²) in [6, 6.07) is -1.94. The van der Waals surface area contributed by atoms with Gasteiger partial charge in [-0.2, -0.15) is 0 Å². The average molecular weight is 300 g/mol. The van der Waals surface area contributed by atoms with Gasteiger partial charge in [-0.1, -0.05) is 0 Å². The Balaban J connectivity index is 3.48. The number of rotatable bonds is 6. The fourth-order valence-electron chi connectivity index (χ4n) is 1.86. The first-order valence-corrected chi connectivity index (χ1v) is 5.49. The van der Waals surface area contributed by atoms with E-state index in [2.05, 4.69) is 5.32 Å². The molecular formula is C10H12N4O7. The Hall–Kier alpha value is -3.11. The summed E-state index contributed by atoms with van der Waals surface area (Å²) in [5.41, 5.74) is 3.87. The number of carbonyl (C=O) groups excluding carboxylic acids is 1. The predicted molar refractivity (Wildman–Crippen MR) is 66.1 cm³/mol. The Morgan fingerprint density at radius 3 is 2.38 bits per heavy atom. The molecule has 21 heavy (non-hydrogen) atoms. The van der Waals surface area contributed by atoms with Crippen molar-refractivity contribution in [2.75, 3.05) is 13.6 Å². The number of hydrogen-bond donors (Lipinski definition) is 4. The van der Waals surface area contributed by atoms with Crippen LogP contribution in [0.1, 0.15) is 0 Å². The Kier molecular flexibility index (Phi) is 4.48. The van der Waals surface area contributed by atoms with Crippen molar-refractivity contribution in [1.29, 1.82) is 0 Å². The molecule has 1 rings (SSSR count). The quantitative estimate of drug-likeness (QED) is 0.243. The van der Waals surface area contributed by atoms with E-state index in [0.29, 0.717) is 0 Å². The minimum atomic E-state index is -1.94. The summed E-state index contributed by atoms with van der Waals surface area (Å²) >= 11 is 0. The SMILES string of the molecule is CNC1=C([N+](=O)[O-])C=C(C(=O)O)CN1C(C(N)=O)C(=O)O. The molecule has 0 aromatic heterocycles. The first-order valence-electron chi connectivity index (χ1n) is 5.49. The van der Waals surface area contributed by atoms with E-state index in [1.165, 1.54) is 7.05 Å². The standard InChI is InChI=1S/C10H12N4O7/c1-12-8-5(14(20)21)2-4(9(16)17)3-13(8)6(7(11)15)10(18)19/h2,6,12H,3H2,1H3,(H2,11,15)(H,16,17)(H,18,19). The van der Waals surface area contributed by atoms with Crippen LogP contribution in [0.25, 0.3) is 0 Å². The molecule has 1 aliphatic rings. The van der Waals surface area contributed by atoms with Gasteiger partial charge in [0.25, 0.3) is 5.91 Å². The molecule has 0 aliphatic carbocycles. The molecule has 0 bridgehead atoms. The van der Waals surface area contributed by atoms with Gasteiger partial charge in [0.1, 0.15) is 0 Å². The lowest BCUT2D eigenvalue weighted by atomic mass is 10.1. The Bertz CT molecular complexity index is 566. The van der Waals surface area contributed by atoms with Gasteiger partial charge in [-0.15, -0.1) is 0 Å². The third-order valence-electron chi connectivity index (χ3n) is 2.70. The molecule has 11 nitrogen and oxygen atoms in total. The van der Waals surface area contributed by atoms with Crippen molar-refractivity contribution < 1.29 is 29.5 Å². The first kappa shape index (κ1) is 15.9. The van der Waals surface area contributed by atoms with Crippen molar-refractivity contribution in [3.8, 4) is 0 Å². The van der Waals surface area contributed by atoms with Gasteiger partial charge in [-0.05, 0) is 0 Å². The highest BCUT2D eigenvalue weighted by Gasteiger charge is 2.39. The van der Waals surface area contributed by atoms with Crippen LogP contribution >= 0.6 is 0 Å². The first-order chi connectivity index (χ1) is 9.70. The van der Waals surface area contributed by atoms with Crippen molar-refractivity contribution in [2.24, 2.45) is 5.73 Å². The maximum Gasteiger partial charge on any atom is 0.336 e. The number of allylic oxidation sites excluding steroid dienone is 1. The van der Waals surface area contributed by atoms with Crippen LogP contribution in [0.5, 0.6) is 0 Å². The molecule has 0 saturated heterocycles. The number of amides is 1. The molecule has 114 valence electrons. The van der Waals surface area contributed by atoms with Gasteiger partial charge >= 0.3 is 17.6 Å². The van der Waals surface area contributed by atoms with Crippen LogP contribution < -0.4 is 11.1 Å². The summed E-state index contributed by atoms with van der Waals surface area (Å²) < 4.78 is 0. The van der Waals surface area contributed by atoms with Crippen molar-refractivity contribution in [3.63, 3.8) is 0 Å². The van der Waals surface area contributed by atoms with Crippen LogP contribution in [0.2, 0.25) is 0 Å². The highest BCUT2D eigenvalue weighted by molar-refractivity contribution is 6.01. The Morgan fingerprint density at radius 2 is 2.05 bits per heavy atom. The van der Waals surface area contributed by atoms with E-state index in [1.807, 2.05) is 0 Å². The summed E-state index contributed by atoms with van der Waals surface area (Å²) in [7, 11) is 1.27. The normalized spacial score (nSPS) is 16.0. The zero-order valence-corrected chi connectivity index (χ0v) is 10.8. The third kappa shape index (κ3) is 3.08. The molecule has 1 unspecified atom stereocenters. The molecule has 5 N–H and O–H groups in total. The molecule has 1 heterocycles. The zero-order valence-electron chi connectivity index (χ0n) is 10.8. The number of carboxylic acid groups (broad SMARTS) is 2. The molecule has 1 amide bonds. The Morgan fingerprint density at radius 1 is 1.48 bits per heavy atom. The summed E-state index contributed by atoms with van der Waals surface area (Å²) in [5.74, 6) is -4.70. The van der Waals surface area contributed by atoms with Crippen molar-refractivity contribution >= 4 is 17.8 Å². The number of aliphatic carboxylic acids is 2. The van der Waals surface area contributed by atoms with E-state index < -0.39 is 46.6 Å². The highest BCUT2D eigenvalue weighted by Crippen LogP contribution is 2.22. The summed E-state index contributed by atoms with van der Waals surface area (Å²) in [5, 5.41) is 31.3. The van der Waals surface area contributed by atoms with Crippen LogP contribution in [0.15, 0.2) is 23.2 Å². The van der Waals surface area contributed by atoms with Gasteiger partial charge in [-0.25, -0.2) is 9.59 Å². The molecule has 0 aromatic carbocycles. The van der Waals surface area contributed by atoms with E-state index >= 15 is 0 Å². The lowest BCUT2D eigenvalue weighted by Gasteiger charge is -2.32. The molecule has 0 aromatic rings. The molecule has 0 fully saturated rings. The van der Waals surface area contributed by atoms with Gasteiger partial charge in [0.2, 0.25) is 6.04 Å². The van der Waals surface area contributed by atoms with Crippen molar-refractivity contribution in [3.05, 3.63) is 33.3 Å². The minimum absolute atomic E-state index is 0.309. The molecule has 0 radical (unpaired) electrons. The molecule has 0 spiro atoms. The number of nitrogens with one attached hydrogen (secondary N) is 1. The van der Waals surface area contributed by atoms with Gasteiger partial charge < -0.3 is 26.2 Å². The van der Waals surface area contributed by atoms with E-state index in [9.17, 15) is 24.5 Å². The number of nitrogens with zero attached hydrogens (tertiary/aromatic N) is 2. The highest BCUT2D eigenvalue weighted by atomic mass is 16.6. The molecular weight excluding hydrogens is 288 g/mol. The zero-order chi connectivity index (χ0) is 16.3. The predicted octanol–water partition coefficient (Wildman–Crippen LogP) is -2.08. The second-order valence-electron chi connectivity index (χ2n) is 3.99. The monoisotopic (exact) mass is 300 g/mol. The molecule has 0 saturated carbocycles. The fourth-order valence-corrected chi connectivity index (χ4v) is 1.86. The third-order valence-corrected chi connectivity index (χ3v) is 2.70. The summed E-state index contributed by atoms with van der Waals surface area (Å²) in [6.07, 6.45) is 0.796. The van der Waals surface area contributed by atoms with Gasteiger partial charge in [0.15, 0.2) is 5.82 Å². The number of hydrogen-bond acceptors (Lipinski definition) is 7. The van der Waals surface area contributed by atoms with Gasteiger partial charge in [0.05, 0.1) is 17.0 Å². The smallest absolute Gasteiger partial charge is 0.336 e. The number of nitrogens with two attached hydrogens (primary N) is 1. The lowest BCUT2D eigenvalue weighted by molar-refractivity contribution is -0.422. The van der Waals surface area contributed by atoms with Crippen LogP contribution in [0, 0.1) is 10.1 Å². The largest absolute Gasteiger partial charge is 0.479 e. The minimum Gasteiger partial charge on any atom is -0.479 e. The van der Waals surface area contributed by atoms with Crippen molar-refractivity contribution in [2.45, 2.75) is 6.04 Å². The van der Waals surface area contributed by atoms with Crippen LogP contribution in [-0.2, 0) is 14.4 Å². The topological polar surface area (TPSA) is 176 Å². The summed E-state index contributed by atoms with van der Waals surface area (Å²) in [6.45, 7) is -0.525. The number of carboxylic acids is 2. The van der Waals surface area contributed by atoms with E-state index in [1.54, 1.807) is 0 Å². The second kappa shape index (κ2) is 5.90. The van der Waals surface area contributed by atoms with E-state index in [4.69, 9.17) is 15.9 Å². The maximum absolute atomic E-state index is 11.3. The fraction of sp³-hybridized carbons (Fsp3) is 0.300. The second-order valence-corrected chi connectivity index (χ2v) is 3.99. The van der Waals surface area contributed by atoms with Crippen LogP contribution in [0.3, 0.4) is 0 Å². The van der Waals surface area contributed by atoms with E-state index in [-0.39, 0.29) is 5.82 Å². The number of nitro groups is 1. The van der Waals surface area contributed by atoms with E-state index in [0.717, 1.165) is 11.0 Å². The Labute approximate surface area is 117 Å². The molecule has 1 atom stereocenters. The van der Waals surface area contributed by atoms with Crippen LogP contribution in [-0.4, -0.2) is 57.5 Å². The summed E-state index contributed by atoms with van der Waals surface area (Å²) in [4.78, 5) is 44.2.